The van der Waals surface area contributed by atoms with Crippen LogP contribution in [0.15, 0.2) is 48.7 Å². The predicted octanol–water partition coefficient (Wildman–Crippen LogP) is 4.09. The second kappa shape index (κ2) is 9.17. The third-order valence-corrected chi connectivity index (χ3v) is 4.31. The van der Waals surface area contributed by atoms with E-state index in [1.165, 1.54) is 12.1 Å². The van der Waals surface area contributed by atoms with Crippen molar-refractivity contribution in [1.29, 1.82) is 5.26 Å². The fourth-order valence-corrected chi connectivity index (χ4v) is 2.93. The first-order chi connectivity index (χ1) is 14.2. The summed E-state index contributed by atoms with van der Waals surface area (Å²) in [7, 11) is 0. The number of aliphatic hydroxyl groups is 1. The quantitative estimate of drug-likeness (QED) is 0.633. The van der Waals surface area contributed by atoms with E-state index in [0.717, 1.165) is 22.5 Å². The molecule has 2 N–H and O–H groups in total. The van der Waals surface area contributed by atoms with Crippen molar-refractivity contribution in [3.63, 3.8) is 0 Å². The molecule has 0 aliphatic carbocycles. The van der Waals surface area contributed by atoms with Crippen LogP contribution in [0.1, 0.15) is 16.7 Å². The lowest BCUT2D eigenvalue weighted by Crippen LogP contribution is -2.31. The zero-order valence-corrected chi connectivity index (χ0v) is 15.9. The van der Waals surface area contributed by atoms with Gasteiger partial charge in [0.25, 0.3) is 5.91 Å². The molecule has 0 radical (unpaired) electrons. The lowest BCUT2D eigenvalue weighted by molar-refractivity contribution is -0.137. The van der Waals surface area contributed by atoms with Gasteiger partial charge in [0.05, 0.1) is 23.7 Å². The maximum atomic E-state index is 13.0. The summed E-state index contributed by atoms with van der Waals surface area (Å²) in [5.74, 6) is -0.841. The number of hydrogen-bond acceptors (Lipinski definition) is 3. The fourth-order valence-electron chi connectivity index (χ4n) is 2.93. The van der Waals surface area contributed by atoms with Crippen LogP contribution in [-0.2, 0) is 17.5 Å². The number of nitriles is 1. The molecular formula is C22H18F3N3O2. The van der Waals surface area contributed by atoms with E-state index in [-0.39, 0.29) is 12.2 Å². The average molecular weight is 413 g/mol. The number of aromatic nitrogens is 1. The molecule has 1 aromatic heterocycles. The number of rotatable bonds is 4. The summed E-state index contributed by atoms with van der Waals surface area (Å²) in [6, 6.07) is 11.9. The SMILES string of the molecule is C#C.Cc1ccc2c(ccn2C[C@H](O)C(=O)Nc2ccc(C#N)c(C(F)(F)F)c2)c1. The number of carbonyl (C=O) groups is 1. The number of aliphatic hydroxyl groups excluding tert-OH is 1. The summed E-state index contributed by atoms with van der Waals surface area (Å²) >= 11 is 0. The van der Waals surface area contributed by atoms with Crippen LogP contribution in [0, 0.1) is 31.1 Å². The molecule has 1 heterocycles. The summed E-state index contributed by atoms with van der Waals surface area (Å²) in [6.07, 6.45) is 3.53. The molecule has 0 bridgehead atoms. The highest BCUT2D eigenvalue weighted by Gasteiger charge is 2.34. The second-order valence-corrected chi connectivity index (χ2v) is 6.41. The van der Waals surface area contributed by atoms with Crippen LogP contribution in [0.25, 0.3) is 10.9 Å². The minimum atomic E-state index is -4.73. The van der Waals surface area contributed by atoms with E-state index in [9.17, 15) is 23.1 Å². The van der Waals surface area contributed by atoms with Crippen molar-refractivity contribution in [1.82, 2.24) is 4.57 Å². The Morgan fingerprint density at radius 1 is 1.23 bits per heavy atom. The molecule has 0 unspecified atom stereocenters. The first-order valence-electron chi connectivity index (χ1n) is 8.68. The average Bonchev–Trinajstić information content (AvgIpc) is 3.10. The number of nitrogens with zero attached hydrogens (tertiary/aromatic N) is 2. The predicted molar refractivity (Wildman–Crippen MR) is 107 cm³/mol. The lowest BCUT2D eigenvalue weighted by atomic mass is 10.1. The molecular weight excluding hydrogens is 395 g/mol. The molecule has 0 aliphatic rings. The standard InChI is InChI=1S/C20H16F3N3O2.C2H2/c1-12-2-5-17-13(8-12)6-7-26(17)11-18(27)19(28)25-15-4-3-14(10-24)16(9-15)20(21,22)23;1-2/h2-9,18,27H,11H2,1H3,(H,25,28);1-2H/t18-;/m0./s1. The topological polar surface area (TPSA) is 78.1 Å². The number of anilines is 1. The monoisotopic (exact) mass is 413 g/mol. The van der Waals surface area contributed by atoms with Gasteiger partial charge in [-0.15, -0.1) is 12.8 Å². The summed E-state index contributed by atoms with van der Waals surface area (Å²) in [5.41, 5.74) is 0.0672. The highest BCUT2D eigenvalue weighted by atomic mass is 19.4. The van der Waals surface area contributed by atoms with E-state index >= 15 is 0 Å². The Morgan fingerprint density at radius 2 is 1.93 bits per heavy atom. The van der Waals surface area contributed by atoms with E-state index in [4.69, 9.17) is 5.26 Å². The van der Waals surface area contributed by atoms with Crippen LogP contribution < -0.4 is 5.32 Å². The number of hydrogen-bond donors (Lipinski definition) is 2. The Kier molecular flexibility index (Phi) is 6.89. The van der Waals surface area contributed by atoms with Crippen LogP contribution in [0.4, 0.5) is 18.9 Å². The summed E-state index contributed by atoms with van der Waals surface area (Å²) in [5, 5.41) is 22.2. The molecule has 0 saturated carbocycles. The van der Waals surface area contributed by atoms with Crippen molar-refractivity contribution < 1.29 is 23.1 Å². The van der Waals surface area contributed by atoms with Gasteiger partial charge in [-0.25, -0.2) is 0 Å². The summed E-state index contributed by atoms with van der Waals surface area (Å²) < 4.78 is 40.8. The molecule has 8 heteroatoms. The first-order valence-corrected chi connectivity index (χ1v) is 8.68. The zero-order valence-electron chi connectivity index (χ0n) is 15.9. The van der Waals surface area contributed by atoms with Crippen molar-refractivity contribution >= 4 is 22.5 Å². The molecule has 3 rings (SSSR count). The number of terminal acetylenes is 1. The van der Waals surface area contributed by atoms with Crippen LogP contribution in [0.5, 0.6) is 0 Å². The Balaban J connectivity index is 0.00000155. The fraction of sp³-hybridized carbons (Fsp3) is 0.182. The van der Waals surface area contributed by atoms with E-state index in [1.54, 1.807) is 10.8 Å². The summed E-state index contributed by atoms with van der Waals surface area (Å²) in [6.45, 7) is 1.90. The number of halogens is 3. The van der Waals surface area contributed by atoms with Gasteiger partial charge in [-0.1, -0.05) is 11.6 Å². The van der Waals surface area contributed by atoms with Gasteiger partial charge in [-0.05, 0) is 48.7 Å². The summed E-state index contributed by atoms with van der Waals surface area (Å²) in [4.78, 5) is 12.2. The zero-order chi connectivity index (χ0) is 22.5. The van der Waals surface area contributed by atoms with Gasteiger partial charge in [0.15, 0.2) is 6.10 Å². The molecule has 0 aliphatic heterocycles. The van der Waals surface area contributed by atoms with Crippen molar-refractivity contribution in [2.24, 2.45) is 0 Å². The lowest BCUT2D eigenvalue weighted by Gasteiger charge is -2.15. The Hall–Kier alpha value is -3.75. The first kappa shape index (κ1) is 22.5. The molecule has 30 heavy (non-hydrogen) atoms. The number of nitrogens with one attached hydrogen (secondary N) is 1. The van der Waals surface area contributed by atoms with Gasteiger partial charge in [0.2, 0.25) is 0 Å². The van der Waals surface area contributed by atoms with E-state index in [0.29, 0.717) is 6.07 Å². The Bertz CT molecular complexity index is 1120. The number of fused-ring (bicyclic) bond motifs is 1. The van der Waals surface area contributed by atoms with E-state index in [1.807, 2.05) is 31.2 Å². The molecule has 5 nitrogen and oxygen atoms in total. The highest BCUT2D eigenvalue weighted by molar-refractivity contribution is 5.94. The van der Waals surface area contributed by atoms with E-state index < -0.39 is 29.3 Å². The van der Waals surface area contributed by atoms with Crippen LogP contribution in [0.3, 0.4) is 0 Å². The van der Waals surface area contributed by atoms with Gasteiger partial charge in [0, 0.05) is 17.4 Å². The minimum absolute atomic E-state index is 0.0548. The highest BCUT2D eigenvalue weighted by Crippen LogP contribution is 2.33. The van der Waals surface area contributed by atoms with Gasteiger partial charge >= 0.3 is 6.18 Å². The van der Waals surface area contributed by atoms with Crippen LogP contribution in [-0.4, -0.2) is 21.7 Å². The number of benzene rings is 2. The van der Waals surface area contributed by atoms with Crippen molar-refractivity contribution in [3.8, 4) is 18.9 Å². The largest absolute Gasteiger partial charge is 0.417 e. The normalized spacial score (nSPS) is 11.8. The number of carbonyl (C=O) groups excluding carboxylic acids is 1. The second-order valence-electron chi connectivity index (χ2n) is 6.41. The van der Waals surface area contributed by atoms with Crippen molar-refractivity contribution in [2.75, 3.05) is 5.32 Å². The maximum Gasteiger partial charge on any atom is 0.417 e. The molecule has 0 fully saturated rings. The number of amides is 1. The third kappa shape index (κ3) is 4.99. The molecule has 1 amide bonds. The molecule has 1 atom stereocenters. The van der Waals surface area contributed by atoms with E-state index in [2.05, 4.69) is 18.2 Å². The minimum Gasteiger partial charge on any atom is -0.381 e. The number of aryl methyl sites for hydroxylation is 1. The Labute approximate surface area is 171 Å². The van der Waals surface area contributed by atoms with Gasteiger partial charge in [-0.3, -0.25) is 4.79 Å². The van der Waals surface area contributed by atoms with Gasteiger partial charge in [-0.2, -0.15) is 18.4 Å². The Morgan fingerprint density at radius 3 is 2.57 bits per heavy atom. The molecule has 0 spiro atoms. The van der Waals surface area contributed by atoms with Crippen LogP contribution in [0.2, 0.25) is 0 Å². The smallest absolute Gasteiger partial charge is 0.381 e. The van der Waals surface area contributed by atoms with Crippen molar-refractivity contribution in [2.45, 2.75) is 25.7 Å². The molecule has 0 saturated heterocycles. The third-order valence-electron chi connectivity index (χ3n) is 4.31. The van der Waals surface area contributed by atoms with Gasteiger partial charge in [0.1, 0.15) is 0 Å². The number of alkyl halides is 3. The molecule has 154 valence electrons. The van der Waals surface area contributed by atoms with Crippen LogP contribution >= 0.6 is 0 Å². The maximum absolute atomic E-state index is 13.0. The molecule has 3 aromatic rings. The molecule has 2 aromatic carbocycles. The van der Waals surface area contributed by atoms with Gasteiger partial charge < -0.3 is 15.0 Å². The van der Waals surface area contributed by atoms with Crippen molar-refractivity contribution in [3.05, 3.63) is 65.4 Å².